The predicted octanol–water partition coefficient (Wildman–Crippen LogP) is -0.143. The summed E-state index contributed by atoms with van der Waals surface area (Å²) in [5, 5.41) is 6.92. The summed E-state index contributed by atoms with van der Waals surface area (Å²) in [5.41, 5.74) is 1.44. The van der Waals surface area contributed by atoms with Crippen molar-refractivity contribution in [2.45, 2.75) is 13.0 Å². The first-order valence-corrected chi connectivity index (χ1v) is 4.56. The molecule has 1 aromatic rings. The highest BCUT2D eigenvalue weighted by molar-refractivity contribution is 5.92. The molecule has 1 aromatic heterocycles. The molecular formula is C9H13N3O2. The van der Waals surface area contributed by atoms with Gasteiger partial charge in [0, 0.05) is 12.7 Å². The van der Waals surface area contributed by atoms with Crippen LogP contribution in [0.2, 0.25) is 0 Å². The molecule has 76 valence electrons. The van der Waals surface area contributed by atoms with Crippen molar-refractivity contribution in [2.24, 2.45) is 7.05 Å². The van der Waals surface area contributed by atoms with Crippen molar-refractivity contribution in [1.29, 1.82) is 0 Å². The number of ether oxygens (including phenoxy) is 1. The quantitative estimate of drug-likeness (QED) is 0.714. The second kappa shape index (κ2) is 3.42. The van der Waals surface area contributed by atoms with Crippen LogP contribution in [0.15, 0.2) is 6.07 Å². The van der Waals surface area contributed by atoms with Gasteiger partial charge in [-0.1, -0.05) is 0 Å². The third kappa shape index (κ3) is 1.63. The number of rotatable bonds is 2. The summed E-state index contributed by atoms with van der Waals surface area (Å²) < 4.78 is 6.65. The third-order valence-corrected chi connectivity index (χ3v) is 2.32. The molecule has 0 radical (unpaired) electrons. The Morgan fingerprint density at radius 3 is 2.86 bits per heavy atom. The van der Waals surface area contributed by atoms with E-state index in [1.807, 2.05) is 14.0 Å². The smallest absolute Gasteiger partial charge is 0.272 e. The molecular weight excluding hydrogens is 182 g/mol. The summed E-state index contributed by atoms with van der Waals surface area (Å²) in [5.74, 6) is -0.123. The number of nitrogens with zero attached hydrogens (tertiary/aromatic N) is 2. The molecule has 1 saturated heterocycles. The van der Waals surface area contributed by atoms with Crippen LogP contribution < -0.4 is 5.32 Å². The lowest BCUT2D eigenvalue weighted by Gasteiger charge is -2.26. The molecule has 0 aliphatic carbocycles. The summed E-state index contributed by atoms with van der Waals surface area (Å²) in [6.07, 6.45) is 0. The molecule has 1 fully saturated rings. The normalized spacial score (nSPS) is 16.4. The monoisotopic (exact) mass is 195 g/mol. The Hall–Kier alpha value is -1.36. The van der Waals surface area contributed by atoms with Crippen LogP contribution in [0.25, 0.3) is 0 Å². The average molecular weight is 195 g/mol. The number of amides is 1. The number of aryl methyl sites for hydroxylation is 2. The van der Waals surface area contributed by atoms with E-state index >= 15 is 0 Å². The van der Waals surface area contributed by atoms with E-state index in [-0.39, 0.29) is 11.9 Å². The standard InChI is InChI=1S/C9H13N3O2/c1-6-3-8(11-12(6)2)9(13)10-7-4-14-5-7/h3,7H,4-5H2,1-2H3,(H,10,13). The first-order chi connectivity index (χ1) is 6.66. The topological polar surface area (TPSA) is 56.1 Å². The molecule has 0 spiro atoms. The highest BCUT2D eigenvalue weighted by Gasteiger charge is 2.22. The van der Waals surface area contributed by atoms with Gasteiger partial charge in [0.05, 0.1) is 19.3 Å². The van der Waals surface area contributed by atoms with Crippen LogP contribution in [0, 0.1) is 6.92 Å². The molecule has 5 heteroatoms. The number of carbonyl (C=O) groups is 1. The molecule has 2 rings (SSSR count). The van der Waals surface area contributed by atoms with Gasteiger partial charge in [-0.3, -0.25) is 9.48 Å². The van der Waals surface area contributed by atoms with Crippen LogP contribution in [0.3, 0.4) is 0 Å². The van der Waals surface area contributed by atoms with Crippen molar-refractivity contribution in [3.05, 3.63) is 17.5 Å². The molecule has 0 bridgehead atoms. The SMILES string of the molecule is Cc1cc(C(=O)NC2COC2)nn1C. The second-order valence-electron chi connectivity index (χ2n) is 3.50. The maximum Gasteiger partial charge on any atom is 0.272 e. The molecule has 14 heavy (non-hydrogen) atoms. The van der Waals surface area contributed by atoms with Gasteiger partial charge in [-0.2, -0.15) is 5.10 Å². The van der Waals surface area contributed by atoms with Gasteiger partial charge in [0.25, 0.3) is 5.91 Å². The van der Waals surface area contributed by atoms with Gasteiger partial charge in [0.1, 0.15) is 5.69 Å². The van der Waals surface area contributed by atoms with Gasteiger partial charge in [0.15, 0.2) is 0 Å². The van der Waals surface area contributed by atoms with Gasteiger partial charge in [0.2, 0.25) is 0 Å². The summed E-state index contributed by atoms with van der Waals surface area (Å²) >= 11 is 0. The predicted molar refractivity (Wildman–Crippen MR) is 50.0 cm³/mol. The van der Waals surface area contributed by atoms with Crippen molar-refractivity contribution < 1.29 is 9.53 Å². The molecule has 1 N–H and O–H groups in total. The molecule has 0 unspecified atom stereocenters. The number of hydrogen-bond acceptors (Lipinski definition) is 3. The van der Waals surface area contributed by atoms with Crippen molar-refractivity contribution in [3.8, 4) is 0 Å². The van der Waals surface area contributed by atoms with E-state index in [0.717, 1.165) is 5.69 Å². The minimum Gasteiger partial charge on any atom is -0.377 e. The van der Waals surface area contributed by atoms with E-state index in [2.05, 4.69) is 10.4 Å². The lowest BCUT2D eigenvalue weighted by atomic mass is 10.2. The van der Waals surface area contributed by atoms with E-state index < -0.39 is 0 Å². The van der Waals surface area contributed by atoms with Crippen LogP contribution in [-0.2, 0) is 11.8 Å². The van der Waals surface area contributed by atoms with Crippen LogP contribution >= 0.6 is 0 Å². The molecule has 0 aromatic carbocycles. The number of nitrogens with one attached hydrogen (secondary N) is 1. The summed E-state index contributed by atoms with van der Waals surface area (Å²) in [6, 6.07) is 1.93. The zero-order chi connectivity index (χ0) is 10.1. The molecule has 2 heterocycles. The van der Waals surface area contributed by atoms with Crippen LogP contribution in [-0.4, -0.2) is 34.9 Å². The van der Waals surface area contributed by atoms with Crippen molar-refractivity contribution >= 4 is 5.91 Å². The van der Waals surface area contributed by atoms with E-state index in [0.29, 0.717) is 18.9 Å². The molecule has 1 aliphatic heterocycles. The first kappa shape index (κ1) is 9.21. The average Bonchev–Trinajstić information content (AvgIpc) is 2.40. The fraction of sp³-hybridized carbons (Fsp3) is 0.556. The zero-order valence-electron chi connectivity index (χ0n) is 8.28. The van der Waals surface area contributed by atoms with Gasteiger partial charge >= 0.3 is 0 Å². The number of aromatic nitrogens is 2. The van der Waals surface area contributed by atoms with Gasteiger partial charge in [-0.05, 0) is 13.0 Å². The number of carbonyl (C=O) groups excluding carboxylic acids is 1. The summed E-state index contributed by atoms with van der Waals surface area (Å²) in [7, 11) is 1.82. The Morgan fingerprint density at radius 2 is 2.43 bits per heavy atom. The highest BCUT2D eigenvalue weighted by atomic mass is 16.5. The fourth-order valence-electron chi connectivity index (χ4n) is 1.25. The lowest BCUT2D eigenvalue weighted by Crippen LogP contribution is -2.48. The Kier molecular flexibility index (Phi) is 2.25. The van der Waals surface area contributed by atoms with Crippen LogP contribution in [0.1, 0.15) is 16.2 Å². The highest BCUT2D eigenvalue weighted by Crippen LogP contribution is 2.04. The molecule has 1 amide bonds. The van der Waals surface area contributed by atoms with E-state index in [1.165, 1.54) is 0 Å². The minimum absolute atomic E-state index is 0.123. The van der Waals surface area contributed by atoms with E-state index in [1.54, 1.807) is 10.7 Å². The molecule has 0 saturated carbocycles. The van der Waals surface area contributed by atoms with Crippen LogP contribution in [0.4, 0.5) is 0 Å². The Morgan fingerprint density at radius 1 is 1.71 bits per heavy atom. The summed E-state index contributed by atoms with van der Waals surface area (Å²) in [4.78, 5) is 11.6. The van der Waals surface area contributed by atoms with E-state index in [4.69, 9.17) is 4.74 Å². The zero-order valence-corrected chi connectivity index (χ0v) is 8.28. The van der Waals surface area contributed by atoms with E-state index in [9.17, 15) is 4.79 Å². The second-order valence-corrected chi connectivity index (χ2v) is 3.50. The largest absolute Gasteiger partial charge is 0.377 e. The molecule has 5 nitrogen and oxygen atoms in total. The van der Waals surface area contributed by atoms with Gasteiger partial charge in [-0.15, -0.1) is 0 Å². The Labute approximate surface area is 82.0 Å². The van der Waals surface area contributed by atoms with Crippen molar-refractivity contribution in [1.82, 2.24) is 15.1 Å². The maximum absolute atomic E-state index is 11.6. The molecule has 0 atom stereocenters. The molecule has 1 aliphatic rings. The number of hydrogen-bond donors (Lipinski definition) is 1. The summed E-state index contributed by atoms with van der Waals surface area (Å²) in [6.45, 7) is 3.13. The maximum atomic E-state index is 11.6. The van der Waals surface area contributed by atoms with Gasteiger partial charge < -0.3 is 10.1 Å². The fourth-order valence-corrected chi connectivity index (χ4v) is 1.25. The first-order valence-electron chi connectivity index (χ1n) is 4.56. The van der Waals surface area contributed by atoms with Crippen molar-refractivity contribution in [2.75, 3.05) is 13.2 Å². The van der Waals surface area contributed by atoms with Crippen molar-refractivity contribution in [3.63, 3.8) is 0 Å². The minimum atomic E-state index is -0.123. The third-order valence-electron chi connectivity index (χ3n) is 2.32. The van der Waals surface area contributed by atoms with Gasteiger partial charge in [-0.25, -0.2) is 0 Å². The Bertz CT molecular complexity index is 335. The van der Waals surface area contributed by atoms with Crippen LogP contribution in [0.5, 0.6) is 0 Å². The lowest BCUT2D eigenvalue weighted by molar-refractivity contribution is -0.00355. The Balaban J connectivity index is 2.02.